The van der Waals surface area contributed by atoms with Crippen molar-refractivity contribution in [2.24, 2.45) is 5.92 Å². The minimum absolute atomic E-state index is 0.0559. The number of hydrogen-bond acceptors (Lipinski definition) is 5. The van der Waals surface area contributed by atoms with E-state index in [1.165, 1.54) is 6.42 Å². The van der Waals surface area contributed by atoms with Gasteiger partial charge in [-0.2, -0.15) is 0 Å². The molecule has 1 fully saturated rings. The Morgan fingerprint density at radius 2 is 2.33 bits per heavy atom. The maximum Gasteiger partial charge on any atom is 0.253 e. The fraction of sp³-hybridized carbons (Fsp3) is 0.389. The van der Waals surface area contributed by atoms with E-state index in [0.717, 1.165) is 26.1 Å². The average molecular weight is 326 g/mol. The van der Waals surface area contributed by atoms with E-state index in [0.29, 0.717) is 23.1 Å². The van der Waals surface area contributed by atoms with Crippen LogP contribution in [0.4, 0.5) is 0 Å². The van der Waals surface area contributed by atoms with E-state index in [2.05, 4.69) is 15.3 Å². The van der Waals surface area contributed by atoms with Crippen molar-refractivity contribution in [3.05, 3.63) is 48.4 Å². The van der Waals surface area contributed by atoms with E-state index in [1.54, 1.807) is 24.7 Å². The molecule has 0 aliphatic carbocycles. The number of hydrogen-bond donors (Lipinski definition) is 1. The predicted molar refractivity (Wildman–Crippen MR) is 91.1 cm³/mol. The lowest BCUT2D eigenvalue weighted by molar-refractivity contribution is 0.0674. The van der Waals surface area contributed by atoms with Gasteiger partial charge in [-0.15, -0.1) is 0 Å². The zero-order valence-corrected chi connectivity index (χ0v) is 13.8. The predicted octanol–water partition coefficient (Wildman–Crippen LogP) is 2.34. The van der Waals surface area contributed by atoms with Crippen LogP contribution in [0.2, 0.25) is 0 Å². The molecular formula is C18H22N4O2. The Morgan fingerprint density at radius 3 is 3.12 bits per heavy atom. The second-order valence-corrected chi connectivity index (χ2v) is 5.99. The normalized spacial score (nSPS) is 17.5. The van der Waals surface area contributed by atoms with Crippen LogP contribution in [0, 0.1) is 5.92 Å². The highest BCUT2D eigenvalue weighted by atomic mass is 16.5. The molecule has 1 aromatic heterocycles. The van der Waals surface area contributed by atoms with Crippen LogP contribution in [-0.4, -0.2) is 47.5 Å². The van der Waals surface area contributed by atoms with Gasteiger partial charge in [-0.1, -0.05) is 6.07 Å². The van der Waals surface area contributed by atoms with Crippen LogP contribution in [-0.2, 0) is 0 Å². The molecular weight excluding hydrogens is 304 g/mol. The van der Waals surface area contributed by atoms with E-state index in [1.807, 2.05) is 30.1 Å². The Labute approximate surface area is 141 Å². The van der Waals surface area contributed by atoms with Gasteiger partial charge in [0.15, 0.2) is 0 Å². The van der Waals surface area contributed by atoms with E-state index in [-0.39, 0.29) is 5.91 Å². The van der Waals surface area contributed by atoms with Gasteiger partial charge in [0.25, 0.3) is 5.91 Å². The number of rotatable bonds is 5. The number of ether oxygens (including phenoxy) is 1. The van der Waals surface area contributed by atoms with Gasteiger partial charge in [-0.3, -0.25) is 9.78 Å². The molecule has 1 atom stereocenters. The molecule has 0 radical (unpaired) electrons. The molecule has 126 valence electrons. The highest BCUT2D eigenvalue weighted by Gasteiger charge is 2.24. The van der Waals surface area contributed by atoms with Crippen molar-refractivity contribution in [1.29, 1.82) is 0 Å². The molecule has 1 aromatic carbocycles. The smallest absolute Gasteiger partial charge is 0.253 e. The zero-order valence-electron chi connectivity index (χ0n) is 13.8. The molecule has 0 saturated carbocycles. The van der Waals surface area contributed by atoms with Crippen molar-refractivity contribution < 1.29 is 9.53 Å². The summed E-state index contributed by atoms with van der Waals surface area (Å²) in [6.45, 7) is 2.56. The highest BCUT2D eigenvalue weighted by molar-refractivity contribution is 5.94. The van der Waals surface area contributed by atoms with Crippen LogP contribution in [0.1, 0.15) is 23.2 Å². The van der Waals surface area contributed by atoms with E-state index in [4.69, 9.17) is 4.74 Å². The largest absolute Gasteiger partial charge is 0.437 e. The molecule has 2 heterocycles. The van der Waals surface area contributed by atoms with Crippen LogP contribution >= 0.6 is 0 Å². The van der Waals surface area contributed by atoms with E-state index >= 15 is 0 Å². The van der Waals surface area contributed by atoms with Crippen LogP contribution in [0.5, 0.6) is 11.6 Å². The molecule has 1 aliphatic heterocycles. The molecule has 24 heavy (non-hydrogen) atoms. The topological polar surface area (TPSA) is 67.4 Å². The monoisotopic (exact) mass is 326 g/mol. The lowest BCUT2D eigenvalue weighted by Gasteiger charge is -2.32. The third-order valence-electron chi connectivity index (χ3n) is 4.14. The van der Waals surface area contributed by atoms with Crippen molar-refractivity contribution >= 4 is 5.91 Å². The molecule has 1 N–H and O–H groups in total. The van der Waals surface area contributed by atoms with Crippen molar-refractivity contribution in [1.82, 2.24) is 20.2 Å². The summed E-state index contributed by atoms with van der Waals surface area (Å²) in [5.74, 6) is 1.58. The number of nitrogens with one attached hydrogen (secondary N) is 1. The third kappa shape index (κ3) is 4.08. The Bertz CT molecular complexity index is 676. The molecule has 0 bridgehead atoms. The van der Waals surface area contributed by atoms with Crippen molar-refractivity contribution in [3.8, 4) is 11.6 Å². The highest BCUT2D eigenvalue weighted by Crippen LogP contribution is 2.22. The first-order chi connectivity index (χ1) is 11.8. The molecule has 2 aromatic rings. The number of benzene rings is 1. The van der Waals surface area contributed by atoms with Gasteiger partial charge in [-0.05, 0) is 50.6 Å². The van der Waals surface area contributed by atoms with Crippen molar-refractivity contribution in [2.45, 2.75) is 12.8 Å². The number of aromatic nitrogens is 2. The van der Waals surface area contributed by atoms with Gasteiger partial charge < -0.3 is 15.0 Å². The maximum absolute atomic E-state index is 12.8. The fourth-order valence-corrected chi connectivity index (χ4v) is 3.04. The molecule has 3 rings (SSSR count). The molecule has 0 spiro atoms. The van der Waals surface area contributed by atoms with Gasteiger partial charge in [0.2, 0.25) is 5.88 Å². The zero-order chi connectivity index (χ0) is 16.8. The van der Waals surface area contributed by atoms with Gasteiger partial charge >= 0.3 is 0 Å². The first-order valence-corrected chi connectivity index (χ1v) is 8.24. The Morgan fingerprint density at radius 1 is 1.42 bits per heavy atom. The van der Waals surface area contributed by atoms with Crippen LogP contribution in [0.3, 0.4) is 0 Å². The summed E-state index contributed by atoms with van der Waals surface area (Å²) in [5, 5.41) is 3.20. The van der Waals surface area contributed by atoms with Gasteiger partial charge in [0, 0.05) is 31.0 Å². The van der Waals surface area contributed by atoms with Gasteiger partial charge in [0.05, 0.1) is 6.20 Å². The van der Waals surface area contributed by atoms with Crippen molar-refractivity contribution in [2.75, 3.05) is 26.7 Å². The number of carbonyl (C=O) groups is 1. The molecule has 1 amide bonds. The number of likely N-dealkylation sites (tertiary alicyclic amines) is 1. The standard InChI is InChI=1S/C18H22N4O2/c1-19-11-14-4-3-9-22(13-14)18(23)15-5-2-6-16(10-15)24-17-12-20-7-8-21-17/h2,5-8,10,12,14,19H,3-4,9,11,13H2,1H3. The molecule has 1 saturated heterocycles. The molecule has 1 unspecified atom stereocenters. The van der Waals surface area contributed by atoms with E-state index < -0.39 is 0 Å². The summed E-state index contributed by atoms with van der Waals surface area (Å²) in [6.07, 6.45) is 6.92. The average Bonchev–Trinajstić information content (AvgIpc) is 2.63. The van der Waals surface area contributed by atoms with Crippen LogP contribution < -0.4 is 10.1 Å². The van der Waals surface area contributed by atoms with Crippen LogP contribution in [0.15, 0.2) is 42.9 Å². The van der Waals surface area contributed by atoms with Crippen molar-refractivity contribution in [3.63, 3.8) is 0 Å². The Hall–Kier alpha value is -2.47. The SMILES string of the molecule is CNCC1CCCN(C(=O)c2cccc(Oc3cnccn3)c2)C1. The maximum atomic E-state index is 12.8. The quantitative estimate of drug-likeness (QED) is 0.913. The second kappa shape index (κ2) is 7.88. The minimum atomic E-state index is 0.0559. The first-order valence-electron chi connectivity index (χ1n) is 8.24. The summed E-state index contributed by atoms with van der Waals surface area (Å²) in [6, 6.07) is 7.23. The third-order valence-corrected chi connectivity index (χ3v) is 4.14. The Balaban J connectivity index is 1.70. The molecule has 1 aliphatic rings. The lowest BCUT2D eigenvalue weighted by Crippen LogP contribution is -2.42. The van der Waals surface area contributed by atoms with Crippen LogP contribution in [0.25, 0.3) is 0 Å². The molecule has 6 nitrogen and oxygen atoms in total. The first kappa shape index (κ1) is 16.4. The summed E-state index contributed by atoms with van der Waals surface area (Å²) < 4.78 is 5.66. The van der Waals surface area contributed by atoms with Gasteiger partial charge in [0.1, 0.15) is 5.75 Å². The van der Waals surface area contributed by atoms with E-state index in [9.17, 15) is 4.79 Å². The summed E-state index contributed by atoms with van der Waals surface area (Å²) >= 11 is 0. The summed E-state index contributed by atoms with van der Waals surface area (Å²) in [5.41, 5.74) is 0.640. The number of piperidine rings is 1. The van der Waals surface area contributed by atoms with Gasteiger partial charge in [-0.25, -0.2) is 4.98 Å². The summed E-state index contributed by atoms with van der Waals surface area (Å²) in [7, 11) is 1.95. The number of carbonyl (C=O) groups excluding carboxylic acids is 1. The number of nitrogens with zero attached hydrogens (tertiary/aromatic N) is 3. The Kier molecular flexibility index (Phi) is 5.38. The minimum Gasteiger partial charge on any atom is -0.437 e. The fourth-order valence-electron chi connectivity index (χ4n) is 3.04. The summed E-state index contributed by atoms with van der Waals surface area (Å²) in [4.78, 5) is 22.8. The second-order valence-electron chi connectivity index (χ2n) is 5.99. The number of amides is 1. The lowest BCUT2D eigenvalue weighted by atomic mass is 9.97. The molecule has 6 heteroatoms.